The van der Waals surface area contributed by atoms with E-state index in [1.165, 1.54) is 13.8 Å². The van der Waals surface area contributed by atoms with Crippen molar-refractivity contribution >= 4 is 12.1 Å². The molecule has 1 amide bonds. The quantitative estimate of drug-likeness (QED) is 0.784. The zero-order valence-corrected chi connectivity index (χ0v) is 12.5. The van der Waals surface area contributed by atoms with Crippen molar-refractivity contribution in [1.82, 2.24) is 5.32 Å². The lowest BCUT2D eigenvalue weighted by Crippen LogP contribution is -2.46. The number of halogens is 1. The van der Waals surface area contributed by atoms with Crippen LogP contribution in [0.5, 0.6) is 0 Å². The first-order valence-electron chi connectivity index (χ1n) is 6.29. The summed E-state index contributed by atoms with van der Waals surface area (Å²) in [4.78, 5) is 23.3. The average molecular weight is 277 g/mol. The molecule has 0 fully saturated rings. The van der Waals surface area contributed by atoms with Gasteiger partial charge in [0, 0.05) is 6.42 Å². The first-order valence-corrected chi connectivity index (χ1v) is 6.29. The highest BCUT2D eigenvalue weighted by Crippen LogP contribution is 2.17. The summed E-state index contributed by atoms with van der Waals surface area (Å²) in [6.07, 6.45) is -0.944. The van der Waals surface area contributed by atoms with Gasteiger partial charge in [0.15, 0.2) is 0 Å². The molecule has 0 heterocycles. The number of ether oxygens (including phenoxy) is 2. The van der Waals surface area contributed by atoms with Gasteiger partial charge >= 0.3 is 12.1 Å². The van der Waals surface area contributed by atoms with Crippen LogP contribution in [0.2, 0.25) is 0 Å². The Kier molecular flexibility index (Phi) is 6.25. The van der Waals surface area contributed by atoms with E-state index in [9.17, 15) is 14.0 Å². The van der Waals surface area contributed by atoms with E-state index in [2.05, 4.69) is 5.32 Å². The molecule has 1 N–H and O–H groups in total. The van der Waals surface area contributed by atoms with Crippen LogP contribution in [0, 0.1) is 0 Å². The van der Waals surface area contributed by atoms with E-state index in [-0.39, 0.29) is 13.0 Å². The van der Waals surface area contributed by atoms with Gasteiger partial charge in [0.05, 0.1) is 6.61 Å². The van der Waals surface area contributed by atoms with Gasteiger partial charge in [-0.15, -0.1) is 0 Å². The fourth-order valence-electron chi connectivity index (χ4n) is 1.37. The van der Waals surface area contributed by atoms with Crippen LogP contribution in [0.15, 0.2) is 0 Å². The van der Waals surface area contributed by atoms with Gasteiger partial charge in [0.2, 0.25) is 0 Å². The van der Waals surface area contributed by atoms with E-state index in [1.807, 2.05) is 0 Å². The normalized spacial score (nSPS) is 13.6. The second-order valence-corrected chi connectivity index (χ2v) is 5.87. The Morgan fingerprint density at radius 3 is 2.11 bits per heavy atom. The fraction of sp³-hybridized carbons (Fsp3) is 0.846. The van der Waals surface area contributed by atoms with Crippen molar-refractivity contribution in [3.8, 4) is 0 Å². The third kappa shape index (κ3) is 9.27. The van der Waals surface area contributed by atoms with Crippen molar-refractivity contribution in [2.24, 2.45) is 0 Å². The Morgan fingerprint density at radius 2 is 1.74 bits per heavy atom. The van der Waals surface area contributed by atoms with Crippen molar-refractivity contribution in [3.63, 3.8) is 0 Å². The summed E-state index contributed by atoms with van der Waals surface area (Å²) in [5.74, 6) is -0.668. The molecule has 0 rings (SSSR count). The SMILES string of the molecule is CCOC(=O)[C@H](CC(C)(C)F)NC(=O)OC(C)(C)C. The number of hydrogen-bond acceptors (Lipinski definition) is 4. The number of alkyl halides is 1. The predicted molar refractivity (Wildman–Crippen MR) is 69.6 cm³/mol. The number of rotatable bonds is 5. The van der Waals surface area contributed by atoms with Crippen molar-refractivity contribution in [3.05, 3.63) is 0 Å². The minimum atomic E-state index is -1.60. The number of nitrogens with one attached hydrogen (secondary N) is 1. The molecular formula is C13H24FNO4. The van der Waals surface area contributed by atoms with Crippen molar-refractivity contribution in [2.45, 2.75) is 65.3 Å². The van der Waals surface area contributed by atoms with Gasteiger partial charge in [-0.05, 0) is 41.5 Å². The molecular weight excluding hydrogens is 253 g/mol. The Hall–Kier alpha value is -1.33. The van der Waals surface area contributed by atoms with Crippen molar-refractivity contribution in [1.29, 1.82) is 0 Å². The lowest BCUT2D eigenvalue weighted by atomic mass is 10.0. The standard InChI is InChI=1S/C13H24FNO4/c1-7-18-10(16)9(8-13(5,6)14)15-11(17)19-12(2,3)4/h9H,7-8H2,1-6H3,(H,15,17)/t9-/m0/s1. The molecule has 0 aromatic rings. The molecule has 19 heavy (non-hydrogen) atoms. The lowest BCUT2D eigenvalue weighted by Gasteiger charge is -2.25. The Morgan fingerprint density at radius 1 is 1.21 bits per heavy atom. The molecule has 0 saturated heterocycles. The van der Waals surface area contributed by atoms with E-state index >= 15 is 0 Å². The third-order valence-electron chi connectivity index (χ3n) is 1.95. The van der Waals surface area contributed by atoms with Gasteiger partial charge in [-0.3, -0.25) is 0 Å². The minimum absolute atomic E-state index is 0.165. The summed E-state index contributed by atoms with van der Waals surface area (Å²) in [5.41, 5.74) is -2.29. The highest BCUT2D eigenvalue weighted by molar-refractivity contribution is 5.81. The van der Waals surface area contributed by atoms with Gasteiger partial charge in [0.25, 0.3) is 0 Å². The highest BCUT2D eigenvalue weighted by Gasteiger charge is 2.31. The average Bonchev–Trinajstić information content (AvgIpc) is 2.11. The first kappa shape index (κ1) is 17.7. The van der Waals surface area contributed by atoms with E-state index < -0.39 is 29.4 Å². The molecule has 0 aromatic carbocycles. The summed E-state index contributed by atoms with van der Waals surface area (Å²) >= 11 is 0. The van der Waals surface area contributed by atoms with Gasteiger partial charge in [0.1, 0.15) is 17.3 Å². The Labute approximate surface area is 113 Å². The molecule has 1 atom stereocenters. The van der Waals surface area contributed by atoms with E-state index in [1.54, 1.807) is 27.7 Å². The van der Waals surface area contributed by atoms with Crippen LogP contribution in [0.4, 0.5) is 9.18 Å². The molecule has 0 radical (unpaired) electrons. The monoisotopic (exact) mass is 277 g/mol. The largest absolute Gasteiger partial charge is 0.464 e. The Bertz CT molecular complexity index is 318. The van der Waals surface area contributed by atoms with Crippen LogP contribution in [-0.4, -0.2) is 36.0 Å². The predicted octanol–water partition coefficient (Wildman–Crippen LogP) is 2.58. The number of amides is 1. The Balaban J connectivity index is 4.67. The van der Waals surface area contributed by atoms with Gasteiger partial charge in [-0.25, -0.2) is 14.0 Å². The highest BCUT2D eigenvalue weighted by atomic mass is 19.1. The fourth-order valence-corrected chi connectivity index (χ4v) is 1.37. The number of alkyl carbamates (subject to hydrolysis) is 1. The smallest absolute Gasteiger partial charge is 0.408 e. The zero-order valence-electron chi connectivity index (χ0n) is 12.5. The number of esters is 1. The molecule has 0 saturated carbocycles. The van der Waals surface area contributed by atoms with Crippen molar-refractivity contribution < 1.29 is 23.5 Å². The number of hydrogen-bond donors (Lipinski definition) is 1. The zero-order chi connectivity index (χ0) is 15.3. The summed E-state index contributed by atoms with van der Waals surface area (Å²) in [6.45, 7) is 9.56. The molecule has 0 aromatic heterocycles. The third-order valence-corrected chi connectivity index (χ3v) is 1.95. The van der Waals surface area contributed by atoms with Crippen LogP contribution < -0.4 is 5.32 Å². The molecule has 6 heteroatoms. The molecule has 0 aliphatic heterocycles. The van der Waals surface area contributed by atoms with Gasteiger partial charge in [-0.1, -0.05) is 0 Å². The second kappa shape index (κ2) is 6.73. The molecule has 0 aliphatic carbocycles. The van der Waals surface area contributed by atoms with Crippen LogP contribution in [0.25, 0.3) is 0 Å². The molecule has 5 nitrogen and oxygen atoms in total. The summed E-state index contributed by atoms with van der Waals surface area (Å²) < 4.78 is 23.5. The minimum Gasteiger partial charge on any atom is -0.464 e. The van der Waals surface area contributed by atoms with Crippen LogP contribution >= 0.6 is 0 Å². The molecule has 112 valence electrons. The summed E-state index contributed by atoms with van der Waals surface area (Å²) in [7, 11) is 0. The van der Waals surface area contributed by atoms with Crippen molar-refractivity contribution in [2.75, 3.05) is 6.61 Å². The lowest BCUT2D eigenvalue weighted by molar-refractivity contribution is -0.146. The maximum atomic E-state index is 13.6. The number of carbonyl (C=O) groups excluding carboxylic acids is 2. The van der Waals surface area contributed by atoms with Gasteiger partial charge in [-0.2, -0.15) is 0 Å². The van der Waals surface area contributed by atoms with E-state index in [0.717, 1.165) is 0 Å². The summed E-state index contributed by atoms with van der Waals surface area (Å²) in [5, 5.41) is 2.34. The first-order chi connectivity index (χ1) is 8.44. The maximum Gasteiger partial charge on any atom is 0.408 e. The van der Waals surface area contributed by atoms with E-state index in [4.69, 9.17) is 9.47 Å². The van der Waals surface area contributed by atoms with Gasteiger partial charge < -0.3 is 14.8 Å². The second-order valence-electron chi connectivity index (χ2n) is 5.87. The maximum absolute atomic E-state index is 13.6. The molecule has 0 unspecified atom stereocenters. The van der Waals surface area contributed by atoms with Crippen LogP contribution in [0.3, 0.4) is 0 Å². The topological polar surface area (TPSA) is 64.6 Å². The molecule has 0 bridgehead atoms. The summed E-state index contributed by atoms with van der Waals surface area (Å²) in [6, 6.07) is -1.06. The van der Waals surface area contributed by atoms with E-state index in [0.29, 0.717) is 0 Å². The molecule has 0 aliphatic rings. The van der Waals surface area contributed by atoms with Crippen LogP contribution in [-0.2, 0) is 14.3 Å². The van der Waals surface area contributed by atoms with Crippen LogP contribution in [0.1, 0.15) is 48.0 Å². The number of carbonyl (C=O) groups is 2. The molecule has 0 spiro atoms.